The molecule has 0 aromatic rings. The van der Waals surface area contributed by atoms with Gasteiger partial charge in [-0.3, -0.25) is 0 Å². The summed E-state index contributed by atoms with van der Waals surface area (Å²) in [6.07, 6.45) is 0. The normalized spacial score (nSPS) is 23.5. The molecule has 9 heteroatoms. The van der Waals surface area contributed by atoms with Crippen molar-refractivity contribution in [2.45, 2.75) is 335 Å². The fraction of sp³-hybridized carbons (Fsp3) is 1.00. The molecule has 364 valence electrons. The largest absolute Gasteiger partial charge is 0.460 e. The summed E-state index contributed by atoms with van der Waals surface area (Å²) in [4.78, 5) is 0. The molecule has 0 N–H and O–H groups in total. The Morgan fingerprint density at radius 2 is 0.328 bits per heavy atom. The van der Waals surface area contributed by atoms with Gasteiger partial charge in [0.05, 0.1) is 43.6 Å². The van der Waals surface area contributed by atoms with Crippen LogP contribution in [0.4, 0.5) is 0 Å². The van der Waals surface area contributed by atoms with E-state index in [1.54, 1.807) is 0 Å². The molecule has 2 aliphatic rings. The van der Waals surface area contributed by atoms with Gasteiger partial charge in [0.15, 0.2) is 14.7 Å². The smallest absolute Gasteiger partial charge is 0.176 e. The van der Waals surface area contributed by atoms with Crippen molar-refractivity contribution in [3.8, 4) is 0 Å². The van der Waals surface area contributed by atoms with Crippen molar-refractivity contribution in [1.82, 2.24) is 0 Å². The van der Waals surface area contributed by atoms with Crippen molar-refractivity contribution in [3.63, 3.8) is 0 Å². The zero-order valence-electron chi connectivity index (χ0n) is 49.8. The van der Waals surface area contributed by atoms with Crippen LogP contribution in [0.3, 0.4) is 0 Å². The van der Waals surface area contributed by atoms with E-state index in [0.29, 0.717) is 0 Å². The lowest BCUT2D eigenvalue weighted by atomic mass is 10.2. The van der Waals surface area contributed by atoms with Gasteiger partial charge in [-0.25, -0.2) is 0 Å². The molecule has 2 rings (SSSR count). The molecule has 0 amide bonds. The molecule has 61 heavy (non-hydrogen) atoms. The van der Waals surface area contributed by atoms with E-state index < -0.39 is 58.3 Å². The Kier molecular flexibility index (Phi) is 14.1. The Morgan fingerprint density at radius 1 is 0.230 bits per heavy atom. The summed E-state index contributed by atoms with van der Waals surface area (Å²) in [5.41, 5.74) is 0. The highest BCUT2D eigenvalue weighted by molar-refractivity contribution is 8.17. The maximum atomic E-state index is 9.44. The lowest BCUT2D eigenvalue weighted by Crippen LogP contribution is -3.02. The Morgan fingerprint density at radius 3 is 0.393 bits per heavy atom. The fourth-order valence-electron chi connectivity index (χ4n) is 26.7. The SMILES string of the molecule is CC(C)(C)[Si](C(C)(C)C)(C(C)(C)C)[Si](C)([Si](C(C)(C)C)(C(C)(C)C)C(C)(C)C)[Si]12CC[Si]1([Si](C)([Si](C(C)(C)C)(C(C)(C)C)C(C)(C)C)[Si](C(C)(C)C)(C(C)(C)C)C(C)(C)C)O2. The van der Waals surface area contributed by atoms with Crippen LogP contribution in [-0.4, -0.2) is 58.3 Å². The monoisotopic (exact) mass is 983 g/mol. The first-order chi connectivity index (χ1) is 25.7. The van der Waals surface area contributed by atoms with Crippen LogP contribution >= 0.6 is 0 Å². The van der Waals surface area contributed by atoms with Gasteiger partial charge in [0.1, 0.15) is 0 Å². The van der Waals surface area contributed by atoms with Crippen molar-refractivity contribution < 1.29 is 4.12 Å². The van der Waals surface area contributed by atoms with Crippen LogP contribution in [0, 0.1) is 0 Å². The van der Waals surface area contributed by atoms with Crippen LogP contribution in [0.15, 0.2) is 0 Å². The van der Waals surface area contributed by atoms with Gasteiger partial charge >= 0.3 is 0 Å². The molecule has 2 aliphatic heterocycles. The van der Waals surface area contributed by atoms with E-state index in [1.165, 1.54) is 12.1 Å². The van der Waals surface area contributed by atoms with E-state index in [2.05, 4.69) is 262 Å². The first-order valence-electron chi connectivity index (χ1n) is 25.4. The highest BCUT2D eigenvalue weighted by atomic mass is 30.2. The van der Waals surface area contributed by atoms with Gasteiger partial charge < -0.3 is 4.12 Å². The first-order valence-corrected chi connectivity index (χ1v) is 49.6. The zero-order chi connectivity index (χ0) is 50.1. The molecule has 0 spiro atoms. The minimum Gasteiger partial charge on any atom is -0.460 e. The first kappa shape index (κ1) is 58.8. The van der Waals surface area contributed by atoms with Gasteiger partial charge in [0.25, 0.3) is 0 Å². The molecule has 0 aromatic heterocycles. The molecule has 1 nitrogen and oxygen atoms in total. The maximum Gasteiger partial charge on any atom is 0.176 e. The van der Waals surface area contributed by atoms with Crippen molar-refractivity contribution >= 4 is 58.3 Å². The third kappa shape index (κ3) is 6.52. The van der Waals surface area contributed by atoms with Crippen LogP contribution in [0.5, 0.6) is 0 Å². The zero-order valence-corrected chi connectivity index (χ0v) is 57.8. The molecule has 2 fully saturated rings. The summed E-state index contributed by atoms with van der Waals surface area (Å²) in [5, 5.41) is 2.56. The van der Waals surface area contributed by atoms with Crippen molar-refractivity contribution in [3.05, 3.63) is 0 Å². The number of fused-ring (bicyclic) bond motifs is 1. The summed E-state index contributed by atoms with van der Waals surface area (Å²) >= 11 is 0. The molecule has 2 unspecified atom stereocenters. The molecule has 0 saturated carbocycles. The predicted octanol–water partition coefficient (Wildman–Crippen LogP) is 20.0. The summed E-state index contributed by atoms with van der Waals surface area (Å²) in [6, 6.07) is 2.98. The molecule has 2 heterocycles. The highest BCUT2D eigenvalue weighted by Crippen LogP contribution is 2.86. The third-order valence-electron chi connectivity index (χ3n) is 19.9. The second-order valence-electron chi connectivity index (χ2n) is 34.5. The minimum absolute atomic E-state index is 0.213. The van der Waals surface area contributed by atoms with Crippen LogP contribution in [0.2, 0.25) is 85.6 Å². The summed E-state index contributed by atoms with van der Waals surface area (Å²) in [5.74, 6) is 0. The second kappa shape index (κ2) is 14.6. The van der Waals surface area contributed by atoms with Crippen molar-refractivity contribution in [2.75, 3.05) is 0 Å². The van der Waals surface area contributed by atoms with Gasteiger partial charge in [-0.15, -0.1) is 0 Å². The Bertz CT molecular complexity index is 1260. The average Bonchev–Trinajstić information content (AvgIpc) is 3.29. The predicted molar refractivity (Wildman–Crippen MR) is 305 cm³/mol. The molecule has 0 aromatic carbocycles. The van der Waals surface area contributed by atoms with Crippen LogP contribution in [0.25, 0.3) is 0 Å². The summed E-state index contributed by atoms with van der Waals surface area (Å²) in [6.45, 7) is 103. The minimum atomic E-state index is -2.55. The van der Waals surface area contributed by atoms with E-state index in [-0.39, 0.29) is 60.5 Å². The molecule has 0 radical (unpaired) electrons. The summed E-state index contributed by atoms with van der Waals surface area (Å²) in [7, 11) is -14.8. The average molecular weight is 984 g/mol. The molecule has 2 atom stereocenters. The lowest BCUT2D eigenvalue weighted by molar-refractivity contribution is 0.539. The van der Waals surface area contributed by atoms with Gasteiger partial charge in [0.2, 0.25) is 0 Å². The van der Waals surface area contributed by atoms with Crippen molar-refractivity contribution in [2.24, 2.45) is 0 Å². The van der Waals surface area contributed by atoms with E-state index in [9.17, 15) is 4.12 Å². The standard InChI is InChI=1S/C52H118OSi8/c1-41(2,3)58(42(4,5)6,43(7,8)9)54(37,59(44(10,11)12,45(13,14)15)46(16,17)18)56-39-40-57(56,53-56)55(38,60(47(19,20)21,48(22,23)24)49(25,26)27)61(50(28,29)30,51(31,32)33)52(34,35)36/h39-40H2,1-38H3. The molecule has 2 saturated heterocycles. The number of hydrogen-bond donors (Lipinski definition) is 0. The van der Waals surface area contributed by atoms with Gasteiger partial charge in [-0.05, 0) is 72.5 Å². The van der Waals surface area contributed by atoms with Gasteiger partial charge in [-0.1, -0.05) is 262 Å². The Balaban J connectivity index is 4.15. The molecule has 0 bridgehead atoms. The van der Waals surface area contributed by atoms with Crippen LogP contribution in [-0.2, 0) is 4.12 Å². The highest BCUT2D eigenvalue weighted by Gasteiger charge is 3.04. The van der Waals surface area contributed by atoms with Crippen LogP contribution in [0.1, 0.15) is 249 Å². The van der Waals surface area contributed by atoms with Crippen LogP contribution < -0.4 is 0 Å². The Hall–Kier alpha value is 1.70. The summed E-state index contributed by atoms with van der Waals surface area (Å²) < 4.78 is 9.44. The maximum absolute atomic E-state index is 9.44. The van der Waals surface area contributed by atoms with E-state index in [0.717, 1.165) is 0 Å². The van der Waals surface area contributed by atoms with E-state index in [4.69, 9.17) is 0 Å². The molecular formula is C52H118OSi8. The van der Waals surface area contributed by atoms with E-state index in [1.807, 2.05) is 0 Å². The quantitative estimate of drug-likeness (QED) is 0.191. The Labute approximate surface area is 394 Å². The van der Waals surface area contributed by atoms with E-state index >= 15 is 0 Å². The fourth-order valence-corrected chi connectivity index (χ4v) is 382. The lowest BCUT2D eigenvalue weighted by Gasteiger charge is -2.82. The topological polar surface area (TPSA) is 12.5 Å². The molecular weight excluding hydrogens is 865 g/mol. The van der Waals surface area contributed by atoms with Crippen molar-refractivity contribution in [1.29, 1.82) is 0 Å². The second-order valence-corrected chi connectivity index (χ2v) is 117. The van der Waals surface area contributed by atoms with Gasteiger partial charge in [-0.2, -0.15) is 0 Å². The molecule has 0 aliphatic carbocycles. The number of hydrogen-bond acceptors (Lipinski definition) is 1. The van der Waals surface area contributed by atoms with Gasteiger partial charge in [0, 0.05) is 0 Å². The number of rotatable bonds is 6. The third-order valence-corrected chi connectivity index (χ3v) is 195.